The lowest BCUT2D eigenvalue weighted by atomic mass is 10.0. The highest BCUT2D eigenvalue weighted by atomic mass is 16.6. The van der Waals surface area contributed by atoms with E-state index in [0.717, 1.165) is 7.11 Å². The molecule has 12 nitrogen and oxygen atoms in total. The molecule has 0 saturated heterocycles. The molecular formula is C24H24N2O10. The van der Waals surface area contributed by atoms with Crippen LogP contribution in [0.15, 0.2) is 60.7 Å². The lowest BCUT2D eigenvalue weighted by Crippen LogP contribution is -2.53. The molecule has 0 unspecified atom stereocenters. The summed E-state index contributed by atoms with van der Waals surface area (Å²) in [4.78, 5) is 73.7. The van der Waals surface area contributed by atoms with Gasteiger partial charge in [-0.05, 0) is 31.2 Å². The first-order chi connectivity index (χ1) is 17.1. The minimum atomic E-state index is -2.01. The molecule has 2 rings (SSSR count). The Morgan fingerprint density at radius 2 is 1.28 bits per heavy atom. The molecule has 12 heteroatoms. The third kappa shape index (κ3) is 7.94. The molecule has 0 spiro atoms. The maximum absolute atomic E-state index is 13.2. The molecule has 0 aromatic heterocycles. The fourth-order valence-corrected chi connectivity index (χ4v) is 2.90. The Balaban J connectivity index is 2.35. The zero-order valence-electron chi connectivity index (χ0n) is 19.3. The SMILES string of the molecule is COC(=O)[C@H](OC(=O)c1ccccc1)[C@@H](OC(=O)c1ccccc1)C(=O)[C@H](C)NC(=O)CNC(=O)O. The standard InChI is InChI=1S/C24H24N2O10/c1-14(26-17(27)13-25-24(32)33)18(28)19(35-21(29)15-9-5-3-6-10-15)20(23(31)34-2)36-22(30)16-11-7-4-8-12-16/h3-12,14,19-20,25H,13H2,1-2H3,(H,26,27)(H,32,33)/t14-,19-,20+/m0/s1. The average molecular weight is 500 g/mol. The van der Waals surface area contributed by atoms with Gasteiger partial charge in [0, 0.05) is 0 Å². The van der Waals surface area contributed by atoms with Crippen molar-refractivity contribution >= 4 is 35.7 Å². The molecule has 0 aliphatic carbocycles. The van der Waals surface area contributed by atoms with Crippen LogP contribution in [0.3, 0.4) is 0 Å². The molecule has 0 bridgehead atoms. The monoisotopic (exact) mass is 500 g/mol. The number of ether oxygens (including phenoxy) is 3. The topological polar surface area (TPSA) is 174 Å². The summed E-state index contributed by atoms with van der Waals surface area (Å²) >= 11 is 0. The van der Waals surface area contributed by atoms with Gasteiger partial charge in [0.05, 0.1) is 24.3 Å². The van der Waals surface area contributed by atoms with Gasteiger partial charge in [0.15, 0.2) is 5.78 Å². The van der Waals surface area contributed by atoms with E-state index in [2.05, 4.69) is 10.1 Å². The largest absolute Gasteiger partial charge is 0.466 e. The molecule has 2 amide bonds. The lowest BCUT2D eigenvalue weighted by molar-refractivity contribution is -0.162. The van der Waals surface area contributed by atoms with E-state index in [1.54, 1.807) is 36.4 Å². The van der Waals surface area contributed by atoms with Crippen LogP contribution >= 0.6 is 0 Å². The molecule has 0 fully saturated rings. The second-order valence-electron chi connectivity index (χ2n) is 7.26. The maximum Gasteiger partial charge on any atom is 0.405 e. The van der Waals surface area contributed by atoms with Crippen LogP contribution in [0, 0.1) is 0 Å². The number of carbonyl (C=O) groups excluding carboxylic acids is 5. The Morgan fingerprint density at radius 1 is 0.806 bits per heavy atom. The molecule has 3 N–H and O–H groups in total. The minimum absolute atomic E-state index is 0.0376. The highest BCUT2D eigenvalue weighted by Crippen LogP contribution is 2.16. The predicted molar refractivity (Wildman–Crippen MR) is 122 cm³/mol. The highest BCUT2D eigenvalue weighted by molar-refractivity contribution is 6.00. The fourth-order valence-electron chi connectivity index (χ4n) is 2.90. The van der Waals surface area contributed by atoms with Gasteiger partial charge >= 0.3 is 24.0 Å². The smallest absolute Gasteiger partial charge is 0.405 e. The van der Waals surface area contributed by atoms with E-state index in [0.29, 0.717) is 0 Å². The van der Waals surface area contributed by atoms with Crippen LogP contribution < -0.4 is 10.6 Å². The summed E-state index contributed by atoms with van der Waals surface area (Å²) in [6.45, 7) is 0.558. The number of carboxylic acid groups (broad SMARTS) is 1. The van der Waals surface area contributed by atoms with Gasteiger partial charge in [-0.25, -0.2) is 19.2 Å². The molecule has 36 heavy (non-hydrogen) atoms. The van der Waals surface area contributed by atoms with E-state index in [-0.39, 0.29) is 11.1 Å². The number of amides is 2. The minimum Gasteiger partial charge on any atom is -0.466 e. The molecule has 0 aliphatic heterocycles. The Kier molecular flexibility index (Phi) is 10.1. The number of ketones is 1. The molecule has 2 aromatic carbocycles. The quantitative estimate of drug-likeness (QED) is 0.298. The van der Waals surface area contributed by atoms with Gasteiger partial charge in [-0.1, -0.05) is 36.4 Å². The zero-order valence-corrected chi connectivity index (χ0v) is 19.3. The Labute approximate surface area is 205 Å². The fraction of sp³-hybridized carbons (Fsp3) is 0.250. The molecule has 0 heterocycles. The molecule has 0 radical (unpaired) electrons. The summed E-state index contributed by atoms with van der Waals surface area (Å²) < 4.78 is 15.2. The average Bonchev–Trinajstić information content (AvgIpc) is 2.89. The summed E-state index contributed by atoms with van der Waals surface area (Å²) in [5.41, 5.74) is 0.0868. The van der Waals surface area contributed by atoms with Gasteiger partial charge in [-0.15, -0.1) is 0 Å². The number of benzene rings is 2. The number of nitrogens with one attached hydrogen (secondary N) is 2. The van der Waals surface area contributed by atoms with Crippen LogP contribution in [-0.4, -0.2) is 72.7 Å². The third-order valence-electron chi connectivity index (χ3n) is 4.68. The molecule has 190 valence electrons. The van der Waals surface area contributed by atoms with E-state index in [1.807, 2.05) is 5.32 Å². The second-order valence-corrected chi connectivity index (χ2v) is 7.26. The summed E-state index contributed by atoms with van der Waals surface area (Å²) in [5, 5.41) is 12.7. The summed E-state index contributed by atoms with van der Waals surface area (Å²) in [7, 11) is 0.981. The van der Waals surface area contributed by atoms with E-state index in [9.17, 15) is 28.8 Å². The van der Waals surface area contributed by atoms with E-state index in [1.165, 1.54) is 31.2 Å². The predicted octanol–water partition coefficient (Wildman–Crippen LogP) is 0.952. The number of rotatable bonds is 11. The van der Waals surface area contributed by atoms with Crippen LogP contribution in [0.2, 0.25) is 0 Å². The third-order valence-corrected chi connectivity index (χ3v) is 4.68. The van der Waals surface area contributed by atoms with Gasteiger partial charge in [-0.2, -0.15) is 0 Å². The van der Waals surface area contributed by atoms with Gasteiger partial charge in [0.2, 0.25) is 18.1 Å². The van der Waals surface area contributed by atoms with Crippen molar-refractivity contribution in [2.24, 2.45) is 0 Å². The molecular weight excluding hydrogens is 476 g/mol. The van der Waals surface area contributed by atoms with Crippen LogP contribution in [0.1, 0.15) is 27.6 Å². The van der Waals surface area contributed by atoms with Crippen molar-refractivity contribution < 1.29 is 48.1 Å². The van der Waals surface area contributed by atoms with Crippen LogP contribution in [-0.2, 0) is 28.6 Å². The van der Waals surface area contributed by atoms with Crippen molar-refractivity contribution in [3.63, 3.8) is 0 Å². The number of hydrogen-bond donors (Lipinski definition) is 3. The van der Waals surface area contributed by atoms with Crippen LogP contribution in [0.4, 0.5) is 4.79 Å². The molecule has 2 aromatic rings. The molecule has 0 saturated carbocycles. The van der Waals surface area contributed by atoms with Crippen molar-refractivity contribution in [3.8, 4) is 0 Å². The normalized spacial score (nSPS) is 12.7. The van der Waals surface area contributed by atoms with Crippen molar-refractivity contribution in [1.82, 2.24) is 10.6 Å². The van der Waals surface area contributed by atoms with Crippen LogP contribution in [0.25, 0.3) is 0 Å². The first-order valence-electron chi connectivity index (χ1n) is 10.5. The van der Waals surface area contributed by atoms with E-state index < -0.39 is 60.5 Å². The summed E-state index contributed by atoms with van der Waals surface area (Å²) in [5.74, 6) is -5.09. The zero-order chi connectivity index (χ0) is 26.7. The second kappa shape index (κ2) is 13.2. The first-order valence-corrected chi connectivity index (χ1v) is 10.5. The summed E-state index contributed by atoms with van der Waals surface area (Å²) in [6, 6.07) is 13.7. The Hall–Kier alpha value is -4.74. The van der Waals surface area contributed by atoms with Crippen molar-refractivity contribution in [2.45, 2.75) is 25.2 Å². The molecule has 3 atom stereocenters. The van der Waals surface area contributed by atoms with Crippen LogP contribution in [0.5, 0.6) is 0 Å². The van der Waals surface area contributed by atoms with Gasteiger partial charge in [-0.3, -0.25) is 9.59 Å². The first kappa shape index (κ1) is 27.5. The highest BCUT2D eigenvalue weighted by Gasteiger charge is 2.43. The number of Topliss-reactive ketones (excluding diaryl/α,β-unsaturated/α-hetero) is 1. The number of esters is 3. The van der Waals surface area contributed by atoms with Gasteiger partial charge in [0.1, 0.15) is 6.54 Å². The van der Waals surface area contributed by atoms with E-state index in [4.69, 9.17) is 14.6 Å². The van der Waals surface area contributed by atoms with Gasteiger partial charge < -0.3 is 30.0 Å². The number of hydrogen-bond acceptors (Lipinski definition) is 9. The number of carbonyl (C=O) groups is 6. The Bertz CT molecular complexity index is 1100. The lowest BCUT2D eigenvalue weighted by Gasteiger charge is -2.26. The van der Waals surface area contributed by atoms with Crippen molar-refractivity contribution in [1.29, 1.82) is 0 Å². The van der Waals surface area contributed by atoms with E-state index >= 15 is 0 Å². The number of methoxy groups -OCH3 is 1. The molecule has 0 aliphatic rings. The van der Waals surface area contributed by atoms with Crippen molar-refractivity contribution in [2.75, 3.05) is 13.7 Å². The van der Waals surface area contributed by atoms with Crippen molar-refractivity contribution in [3.05, 3.63) is 71.8 Å². The summed E-state index contributed by atoms with van der Waals surface area (Å²) in [6.07, 6.45) is -5.49. The maximum atomic E-state index is 13.2. The Morgan fingerprint density at radius 3 is 1.72 bits per heavy atom. The van der Waals surface area contributed by atoms with Gasteiger partial charge in [0.25, 0.3) is 0 Å².